The van der Waals surface area contributed by atoms with Gasteiger partial charge in [0.2, 0.25) is 0 Å². The molecule has 0 unspecified atom stereocenters. The molecule has 0 aliphatic carbocycles. The average molecular weight is 320 g/mol. The van der Waals surface area contributed by atoms with Crippen molar-refractivity contribution in [2.24, 2.45) is 0 Å². The Hall–Kier alpha value is -2.63. The summed E-state index contributed by atoms with van der Waals surface area (Å²) in [6.45, 7) is 1.35. The zero-order valence-corrected chi connectivity index (χ0v) is 13.4. The van der Waals surface area contributed by atoms with Gasteiger partial charge in [-0.15, -0.1) is 0 Å². The number of carbonyl (C=O) groups excluding carboxylic acids is 3. The van der Waals surface area contributed by atoms with Crippen molar-refractivity contribution in [2.45, 2.75) is 18.8 Å². The first-order chi connectivity index (χ1) is 11.0. The molecule has 0 aromatic heterocycles. The molecule has 1 rings (SSSR count). The Morgan fingerprint density at radius 1 is 1.00 bits per heavy atom. The van der Waals surface area contributed by atoms with Crippen LogP contribution in [0.15, 0.2) is 42.5 Å². The van der Waals surface area contributed by atoms with Gasteiger partial charge in [-0.2, -0.15) is 0 Å². The van der Waals surface area contributed by atoms with Gasteiger partial charge in [0.1, 0.15) is 6.61 Å². The molecule has 0 saturated carbocycles. The van der Waals surface area contributed by atoms with Crippen LogP contribution in [-0.2, 0) is 34.0 Å². The number of benzene rings is 1. The lowest BCUT2D eigenvalue weighted by molar-refractivity contribution is -0.162. The van der Waals surface area contributed by atoms with Crippen LogP contribution in [-0.4, -0.2) is 38.7 Å². The molecule has 0 amide bonds. The molecule has 6 heteroatoms. The minimum atomic E-state index is -1.60. The number of carbonyl (C=O) groups is 3. The smallest absolute Gasteiger partial charge is 0.328 e. The molecule has 0 atom stereocenters. The summed E-state index contributed by atoms with van der Waals surface area (Å²) in [4.78, 5) is 35.5. The van der Waals surface area contributed by atoms with Crippen LogP contribution in [0.3, 0.4) is 0 Å². The van der Waals surface area contributed by atoms with Gasteiger partial charge in [0.25, 0.3) is 0 Å². The highest BCUT2D eigenvalue weighted by Gasteiger charge is 2.49. The van der Waals surface area contributed by atoms with Crippen LogP contribution in [0.2, 0.25) is 0 Å². The van der Waals surface area contributed by atoms with Crippen molar-refractivity contribution in [3.05, 3.63) is 48.0 Å². The molecule has 0 fully saturated rings. The van der Waals surface area contributed by atoms with Crippen LogP contribution < -0.4 is 0 Å². The second-order valence-electron chi connectivity index (χ2n) is 4.73. The molecule has 6 nitrogen and oxygen atoms in total. The largest absolute Gasteiger partial charge is 0.468 e. The summed E-state index contributed by atoms with van der Waals surface area (Å²) in [5.41, 5.74) is -1.13. The van der Waals surface area contributed by atoms with Crippen molar-refractivity contribution in [3.8, 4) is 0 Å². The number of methoxy groups -OCH3 is 2. The molecule has 124 valence electrons. The molecule has 0 bridgehead atoms. The van der Waals surface area contributed by atoms with E-state index in [1.807, 2.05) is 0 Å². The van der Waals surface area contributed by atoms with Crippen LogP contribution in [0.4, 0.5) is 0 Å². The number of esters is 3. The third-order valence-corrected chi connectivity index (χ3v) is 3.31. The highest BCUT2D eigenvalue weighted by atomic mass is 16.5. The van der Waals surface area contributed by atoms with E-state index in [9.17, 15) is 14.4 Å². The lowest BCUT2D eigenvalue weighted by atomic mass is 9.77. The Bertz CT molecular complexity index is 560. The number of hydrogen-bond acceptors (Lipinski definition) is 6. The molecule has 0 heterocycles. The third kappa shape index (κ3) is 4.42. The van der Waals surface area contributed by atoms with Crippen LogP contribution >= 0.6 is 0 Å². The standard InChI is InChI=1S/C17H20O6/c1-13(18)23-12-8-7-11-17(15(19)21-2,16(20)22-3)14-9-5-4-6-10-14/h4-10H,11-12H2,1-3H3. The van der Waals surface area contributed by atoms with Crippen molar-refractivity contribution < 1.29 is 28.6 Å². The van der Waals surface area contributed by atoms with Crippen molar-refractivity contribution >= 4 is 17.9 Å². The molecule has 0 N–H and O–H groups in total. The second-order valence-corrected chi connectivity index (χ2v) is 4.73. The molecule has 0 spiro atoms. The van der Waals surface area contributed by atoms with Crippen molar-refractivity contribution in [2.75, 3.05) is 20.8 Å². The van der Waals surface area contributed by atoms with E-state index < -0.39 is 23.3 Å². The van der Waals surface area contributed by atoms with E-state index in [4.69, 9.17) is 14.2 Å². The van der Waals surface area contributed by atoms with E-state index in [1.165, 1.54) is 21.1 Å². The fourth-order valence-electron chi connectivity index (χ4n) is 2.17. The van der Waals surface area contributed by atoms with Gasteiger partial charge in [-0.1, -0.05) is 42.5 Å². The van der Waals surface area contributed by atoms with E-state index in [2.05, 4.69) is 0 Å². The first kappa shape index (κ1) is 18.4. The predicted octanol–water partition coefficient (Wildman–Crippen LogP) is 1.78. The molecule has 0 aliphatic heterocycles. The van der Waals surface area contributed by atoms with Crippen LogP contribution in [0.1, 0.15) is 18.9 Å². The first-order valence-corrected chi connectivity index (χ1v) is 6.99. The van der Waals surface area contributed by atoms with Crippen LogP contribution in [0, 0.1) is 0 Å². The summed E-state index contributed by atoms with van der Waals surface area (Å²) in [7, 11) is 2.43. The molecular weight excluding hydrogens is 300 g/mol. The Kier molecular flexibility index (Phi) is 6.99. The highest BCUT2D eigenvalue weighted by Crippen LogP contribution is 2.32. The molecular formula is C17H20O6. The first-order valence-electron chi connectivity index (χ1n) is 6.99. The molecule has 0 radical (unpaired) electrons. The minimum absolute atomic E-state index is 0.0254. The van der Waals surface area contributed by atoms with Gasteiger partial charge in [0, 0.05) is 6.92 Å². The third-order valence-electron chi connectivity index (χ3n) is 3.31. The number of ether oxygens (including phenoxy) is 3. The summed E-state index contributed by atoms with van der Waals surface area (Å²) in [5, 5.41) is 0. The zero-order chi connectivity index (χ0) is 17.3. The summed E-state index contributed by atoms with van der Waals surface area (Å²) in [5.74, 6) is -1.84. The molecule has 1 aromatic rings. The molecule has 1 aromatic carbocycles. The predicted molar refractivity (Wildman–Crippen MR) is 82.5 cm³/mol. The fourth-order valence-corrected chi connectivity index (χ4v) is 2.17. The Balaban J connectivity index is 3.16. The Morgan fingerprint density at radius 2 is 1.57 bits per heavy atom. The van der Waals surface area contributed by atoms with Crippen LogP contribution in [0.25, 0.3) is 0 Å². The van der Waals surface area contributed by atoms with Crippen molar-refractivity contribution in [1.82, 2.24) is 0 Å². The maximum atomic E-state index is 12.4. The minimum Gasteiger partial charge on any atom is -0.468 e. The zero-order valence-electron chi connectivity index (χ0n) is 13.4. The van der Waals surface area contributed by atoms with Crippen molar-refractivity contribution in [1.29, 1.82) is 0 Å². The summed E-state index contributed by atoms with van der Waals surface area (Å²) in [6.07, 6.45) is 3.17. The summed E-state index contributed by atoms with van der Waals surface area (Å²) >= 11 is 0. The SMILES string of the molecule is COC(=O)C(CC=CCOC(C)=O)(C(=O)OC)c1ccccc1. The van der Waals surface area contributed by atoms with Gasteiger partial charge in [-0.25, -0.2) is 0 Å². The monoisotopic (exact) mass is 320 g/mol. The molecule has 0 aliphatic rings. The number of allylic oxidation sites excluding steroid dienone is 1. The van der Waals surface area contributed by atoms with Gasteiger partial charge in [0.05, 0.1) is 14.2 Å². The van der Waals surface area contributed by atoms with E-state index in [0.717, 1.165) is 0 Å². The molecule has 23 heavy (non-hydrogen) atoms. The second kappa shape index (κ2) is 8.73. The topological polar surface area (TPSA) is 78.9 Å². The normalized spacial score (nSPS) is 11.1. The van der Waals surface area contributed by atoms with Gasteiger partial charge in [-0.3, -0.25) is 14.4 Å². The van der Waals surface area contributed by atoms with E-state index in [0.29, 0.717) is 5.56 Å². The van der Waals surface area contributed by atoms with E-state index in [1.54, 1.807) is 42.5 Å². The Labute approximate surface area is 135 Å². The summed E-state index contributed by atoms with van der Waals surface area (Å²) in [6, 6.07) is 8.54. The van der Waals surface area contributed by atoms with Gasteiger partial charge in [-0.05, 0) is 12.0 Å². The summed E-state index contributed by atoms with van der Waals surface area (Å²) < 4.78 is 14.4. The maximum absolute atomic E-state index is 12.4. The highest BCUT2D eigenvalue weighted by molar-refractivity contribution is 6.06. The Morgan fingerprint density at radius 3 is 2.04 bits per heavy atom. The van der Waals surface area contributed by atoms with Gasteiger partial charge < -0.3 is 14.2 Å². The molecule has 0 saturated heterocycles. The van der Waals surface area contributed by atoms with Gasteiger partial charge in [0.15, 0.2) is 5.41 Å². The number of rotatable bonds is 7. The average Bonchev–Trinajstić information content (AvgIpc) is 2.57. The number of hydrogen-bond donors (Lipinski definition) is 0. The van der Waals surface area contributed by atoms with Crippen molar-refractivity contribution in [3.63, 3.8) is 0 Å². The van der Waals surface area contributed by atoms with Crippen LogP contribution in [0.5, 0.6) is 0 Å². The lowest BCUT2D eigenvalue weighted by Gasteiger charge is -2.27. The lowest BCUT2D eigenvalue weighted by Crippen LogP contribution is -2.45. The fraction of sp³-hybridized carbons (Fsp3) is 0.353. The quantitative estimate of drug-likeness (QED) is 0.330. The van der Waals surface area contributed by atoms with E-state index in [-0.39, 0.29) is 13.0 Å². The maximum Gasteiger partial charge on any atom is 0.328 e. The van der Waals surface area contributed by atoms with Gasteiger partial charge >= 0.3 is 17.9 Å². The van der Waals surface area contributed by atoms with E-state index >= 15 is 0 Å².